The summed E-state index contributed by atoms with van der Waals surface area (Å²) >= 11 is 0. The standard InChI is InChI=1S/C56H38F6N4/c57-55(58,59)49-50(56(60,61)62)52(64-43-27-11-3-19-35(43)36-20-4-12-28-44(36)64)54(66-47-31-15-7-23-39(47)40-24-8-16-32-48(40)66)53(65-45-29-13-5-21-37(45)38-22-6-14-30-46(38)65)51(49)63-41-25-9-1-17-33(41)34-18-2-10-26-42(34)63/h1-32,49-54H. The minimum Gasteiger partial charge on any atom is -0.335 e. The van der Waals surface area contributed by atoms with Gasteiger partial charge in [-0.1, -0.05) is 146 Å². The fourth-order valence-electron chi connectivity index (χ4n) is 12.4. The molecule has 1 saturated carbocycles. The zero-order chi connectivity index (χ0) is 44.6. The molecule has 66 heavy (non-hydrogen) atoms. The van der Waals surface area contributed by atoms with Gasteiger partial charge in [-0.2, -0.15) is 26.3 Å². The molecule has 324 valence electrons. The Morgan fingerprint density at radius 2 is 0.379 bits per heavy atom. The quantitative estimate of drug-likeness (QED) is 0.157. The average Bonchev–Trinajstić information content (AvgIpc) is 4.05. The van der Waals surface area contributed by atoms with Crippen molar-refractivity contribution in [2.45, 2.75) is 36.5 Å². The third-order valence-corrected chi connectivity index (χ3v) is 14.6. The van der Waals surface area contributed by atoms with Crippen molar-refractivity contribution in [1.29, 1.82) is 0 Å². The lowest BCUT2D eigenvalue weighted by Crippen LogP contribution is -2.57. The second kappa shape index (κ2) is 14.0. The number of rotatable bonds is 4. The van der Waals surface area contributed by atoms with Crippen molar-refractivity contribution in [1.82, 2.24) is 18.3 Å². The van der Waals surface area contributed by atoms with Crippen molar-refractivity contribution in [3.05, 3.63) is 194 Å². The van der Waals surface area contributed by atoms with Crippen molar-refractivity contribution in [3.63, 3.8) is 0 Å². The molecule has 1 aliphatic carbocycles. The number of hydrogen-bond donors (Lipinski definition) is 0. The van der Waals surface area contributed by atoms with Crippen molar-refractivity contribution in [2.24, 2.45) is 11.8 Å². The van der Waals surface area contributed by atoms with Crippen LogP contribution >= 0.6 is 0 Å². The molecule has 0 bridgehead atoms. The van der Waals surface area contributed by atoms with Crippen LogP contribution in [0.4, 0.5) is 26.3 Å². The predicted octanol–water partition coefficient (Wildman–Crippen LogP) is 15.8. The van der Waals surface area contributed by atoms with E-state index < -0.39 is 48.4 Å². The van der Waals surface area contributed by atoms with E-state index in [1.165, 1.54) is 0 Å². The highest BCUT2D eigenvalue weighted by atomic mass is 19.4. The van der Waals surface area contributed by atoms with Crippen LogP contribution in [-0.4, -0.2) is 30.6 Å². The molecular formula is C56H38F6N4. The van der Waals surface area contributed by atoms with Crippen LogP contribution in [0.15, 0.2) is 194 Å². The molecule has 0 amide bonds. The van der Waals surface area contributed by atoms with E-state index in [0.29, 0.717) is 65.7 Å². The van der Waals surface area contributed by atoms with Crippen LogP contribution in [0, 0.1) is 11.8 Å². The van der Waals surface area contributed by atoms with Crippen molar-refractivity contribution in [2.75, 3.05) is 0 Å². The molecule has 6 unspecified atom stereocenters. The summed E-state index contributed by atoms with van der Waals surface area (Å²) in [7, 11) is 0. The average molecular weight is 881 g/mol. The van der Waals surface area contributed by atoms with Gasteiger partial charge in [0.05, 0.1) is 36.0 Å². The third-order valence-electron chi connectivity index (χ3n) is 14.6. The minimum absolute atomic E-state index is 0.431. The summed E-state index contributed by atoms with van der Waals surface area (Å²) in [4.78, 5) is 0. The Morgan fingerprint density at radius 1 is 0.227 bits per heavy atom. The molecule has 0 radical (unpaired) electrons. The zero-order valence-corrected chi connectivity index (χ0v) is 35.0. The Hall–Kier alpha value is -7.46. The van der Waals surface area contributed by atoms with Gasteiger partial charge in [-0.3, -0.25) is 0 Å². The van der Waals surface area contributed by atoms with Crippen molar-refractivity contribution >= 4 is 87.2 Å². The summed E-state index contributed by atoms with van der Waals surface area (Å²) < 4.78 is 111. The number of alkyl halides is 6. The lowest BCUT2D eigenvalue weighted by Gasteiger charge is -2.54. The van der Waals surface area contributed by atoms with Crippen LogP contribution in [-0.2, 0) is 0 Å². The minimum atomic E-state index is -5.36. The van der Waals surface area contributed by atoms with Gasteiger partial charge >= 0.3 is 12.4 Å². The first-order valence-corrected chi connectivity index (χ1v) is 22.2. The lowest BCUT2D eigenvalue weighted by molar-refractivity contribution is -0.290. The topological polar surface area (TPSA) is 19.7 Å². The number of hydrogen-bond acceptors (Lipinski definition) is 0. The zero-order valence-electron chi connectivity index (χ0n) is 35.0. The second-order valence-corrected chi connectivity index (χ2v) is 17.7. The maximum atomic E-state index is 17.3. The first-order valence-electron chi connectivity index (χ1n) is 22.2. The number of halogens is 6. The van der Waals surface area contributed by atoms with Gasteiger partial charge in [-0.15, -0.1) is 0 Å². The van der Waals surface area contributed by atoms with Gasteiger partial charge in [0.15, 0.2) is 0 Å². The Bertz CT molecular complexity index is 3420. The van der Waals surface area contributed by atoms with Crippen LogP contribution in [0.25, 0.3) is 87.2 Å². The maximum absolute atomic E-state index is 17.3. The smallest absolute Gasteiger partial charge is 0.335 e. The number of aromatic nitrogens is 4. The summed E-state index contributed by atoms with van der Waals surface area (Å²) in [5.74, 6) is -5.90. The van der Waals surface area contributed by atoms with Crippen LogP contribution in [0.1, 0.15) is 24.2 Å². The molecular weight excluding hydrogens is 843 g/mol. The molecule has 0 aliphatic heterocycles. The molecule has 1 fully saturated rings. The molecule has 8 aromatic carbocycles. The van der Waals surface area contributed by atoms with Crippen LogP contribution < -0.4 is 0 Å². The fraction of sp³-hybridized carbons (Fsp3) is 0.143. The monoisotopic (exact) mass is 880 g/mol. The molecule has 4 aromatic heterocycles. The molecule has 12 aromatic rings. The maximum Gasteiger partial charge on any atom is 0.394 e. The van der Waals surface area contributed by atoms with Crippen molar-refractivity contribution in [3.8, 4) is 0 Å². The van der Waals surface area contributed by atoms with E-state index in [0.717, 1.165) is 21.5 Å². The highest BCUT2D eigenvalue weighted by molar-refractivity contribution is 6.11. The highest BCUT2D eigenvalue weighted by Crippen LogP contribution is 2.66. The van der Waals surface area contributed by atoms with E-state index in [-0.39, 0.29) is 0 Å². The van der Waals surface area contributed by atoms with E-state index >= 15 is 26.3 Å². The molecule has 0 spiro atoms. The molecule has 6 atom stereocenters. The Labute approximate surface area is 373 Å². The van der Waals surface area contributed by atoms with Gasteiger partial charge in [0.2, 0.25) is 0 Å². The predicted molar refractivity (Wildman–Crippen MR) is 253 cm³/mol. The lowest BCUT2D eigenvalue weighted by atomic mass is 9.66. The largest absolute Gasteiger partial charge is 0.394 e. The van der Waals surface area contributed by atoms with Gasteiger partial charge < -0.3 is 18.3 Å². The SMILES string of the molecule is FC(F)(F)C1C(n2c3ccccc3c3ccccc32)C(n2c3ccccc3c3ccccc32)C(n2c3ccccc3c3ccccc32)C(n2c3ccccc3c3ccccc32)C1C(F)(F)F. The Kier molecular flexibility index (Phi) is 8.27. The normalized spacial score (nSPS) is 20.9. The fourth-order valence-corrected chi connectivity index (χ4v) is 12.4. The molecule has 13 rings (SSSR count). The molecule has 4 heterocycles. The van der Waals surface area contributed by atoms with E-state index in [9.17, 15) is 0 Å². The summed E-state index contributed by atoms with van der Waals surface area (Å²) in [5, 5.41) is 5.84. The van der Waals surface area contributed by atoms with Crippen LogP contribution in [0.2, 0.25) is 0 Å². The summed E-state index contributed by atoms with van der Waals surface area (Å²) in [5.41, 5.74) is 4.25. The van der Waals surface area contributed by atoms with E-state index in [1.54, 1.807) is 57.7 Å². The van der Waals surface area contributed by atoms with Crippen molar-refractivity contribution < 1.29 is 26.3 Å². The summed E-state index contributed by atoms with van der Waals surface area (Å²) in [6.45, 7) is 0. The highest BCUT2D eigenvalue weighted by Gasteiger charge is 2.69. The number of nitrogens with zero attached hydrogens (tertiary/aromatic N) is 4. The van der Waals surface area contributed by atoms with Crippen LogP contribution in [0.5, 0.6) is 0 Å². The van der Waals surface area contributed by atoms with Gasteiger partial charge in [-0.25, -0.2) is 0 Å². The van der Waals surface area contributed by atoms with E-state index in [1.807, 2.05) is 155 Å². The first-order chi connectivity index (χ1) is 32.1. The number of para-hydroxylation sites is 8. The third kappa shape index (κ3) is 5.35. The molecule has 4 nitrogen and oxygen atoms in total. The molecule has 1 aliphatic rings. The summed E-state index contributed by atoms with van der Waals surface area (Å²) in [6, 6.07) is 52.8. The van der Waals surface area contributed by atoms with Gasteiger partial charge in [-0.05, 0) is 48.5 Å². The Balaban J connectivity index is 1.31. The van der Waals surface area contributed by atoms with Gasteiger partial charge in [0, 0.05) is 87.2 Å². The van der Waals surface area contributed by atoms with Crippen LogP contribution in [0.3, 0.4) is 0 Å². The number of fused-ring (bicyclic) bond motifs is 12. The van der Waals surface area contributed by atoms with E-state index in [2.05, 4.69) is 0 Å². The number of benzene rings is 8. The summed E-state index contributed by atoms with van der Waals surface area (Å²) in [6.07, 6.45) is -10.7. The molecule has 0 N–H and O–H groups in total. The Morgan fingerprint density at radius 3 is 0.545 bits per heavy atom. The van der Waals surface area contributed by atoms with Gasteiger partial charge in [0.25, 0.3) is 0 Å². The first kappa shape index (κ1) is 39.0. The van der Waals surface area contributed by atoms with Gasteiger partial charge in [0.1, 0.15) is 0 Å². The van der Waals surface area contributed by atoms with E-state index in [4.69, 9.17) is 0 Å². The molecule has 10 heteroatoms. The molecule has 0 saturated heterocycles. The second-order valence-electron chi connectivity index (χ2n) is 17.7.